The fourth-order valence-electron chi connectivity index (χ4n) is 1.89. The third-order valence-corrected chi connectivity index (χ3v) is 3.03. The van der Waals surface area contributed by atoms with Crippen molar-refractivity contribution in [2.75, 3.05) is 7.11 Å². The monoisotopic (exact) mass is 278 g/mol. The molecule has 0 radical (unpaired) electrons. The lowest BCUT2D eigenvalue weighted by atomic mass is 10.1. The second-order valence-electron chi connectivity index (χ2n) is 4.36. The molecule has 0 amide bonds. The van der Waals surface area contributed by atoms with Gasteiger partial charge in [0.2, 0.25) is 0 Å². The van der Waals surface area contributed by atoms with E-state index in [1.807, 2.05) is 12.1 Å². The highest BCUT2D eigenvalue weighted by molar-refractivity contribution is 5.31. The van der Waals surface area contributed by atoms with Crippen LogP contribution in [0.1, 0.15) is 18.1 Å². The Hall–Kier alpha value is -2.10. The van der Waals surface area contributed by atoms with Gasteiger partial charge in [0.1, 0.15) is 29.7 Å². The Morgan fingerprint density at radius 2 is 1.55 bits per heavy atom. The average Bonchev–Trinajstić information content (AvgIpc) is 2.45. The number of hydrogen-bond acceptors (Lipinski definition) is 2. The lowest BCUT2D eigenvalue weighted by molar-refractivity contribution is 0.302. The molecule has 0 aliphatic rings. The maximum atomic E-state index is 13.6. The summed E-state index contributed by atoms with van der Waals surface area (Å²) < 4.78 is 37.7. The van der Waals surface area contributed by atoms with E-state index in [1.54, 1.807) is 26.2 Å². The minimum absolute atomic E-state index is 0.0850. The SMILES string of the molecule is CCc1c(F)cc(OCc2ccc(OC)cc2)cc1F. The number of rotatable bonds is 5. The molecule has 0 unspecified atom stereocenters. The van der Waals surface area contributed by atoms with Gasteiger partial charge in [-0.05, 0) is 24.1 Å². The summed E-state index contributed by atoms with van der Waals surface area (Å²) in [5.41, 5.74) is 0.980. The van der Waals surface area contributed by atoms with E-state index in [4.69, 9.17) is 9.47 Å². The molecular weight excluding hydrogens is 262 g/mol. The highest BCUT2D eigenvalue weighted by Crippen LogP contribution is 2.22. The normalized spacial score (nSPS) is 10.4. The third-order valence-electron chi connectivity index (χ3n) is 3.03. The van der Waals surface area contributed by atoms with Crippen molar-refractivity contribution in [3.63, 3.8) is 0 Å². The first-order valence-corrected chi connectivity index (χ1v) is 6.37. The lowest BCUT2D eigenvalue weighted by Crippen LogP contribution is -1.99. The zero-order valence-corrected chi connectivity index (χ0v) is 11.5. The number of methoxy groups -OCH3 is 1. The molecule has 0 spiro atoms. The zero-order chi connectivity index (χ0) is 14.5. The molecule has 0 aliphatic heterocycles. The van der Waals surface area contributed by atoms with Crippen molar-refractivity contribution in [2.45, 2.75) is 20.0 Å². The van der Waals surface area contributed by atoms with Crippen LogP contribution in [0.5, 0.6) is 11.5 Å². The molecule has 0 saturated heterocycles. The summed E-state index contributed by atoms with van der Waals surface area (Å²) >= 11 is 0. The van der Waals surface area contributed by atoms with Gasteiger partial charge in [-0.25, -0.2) is 8.78 Å². The molecule has 0 aromatic heterocycles. The highest BCUT2D eigenvalue weighted by atomic mass is 19.1. The van der Waals surface area contributed by atoms with E-state index < -0.39 is 11.6 Å². The fourth-order valence-corrected chi connectivity index (χ4v) is 1.89. The van der Waals surface area contributed by atoms with Crippen molar-refractivity contribution in [3.05, 3.63) is 59.2 Å². The van der Waals surface area contributed by atoms with Crippen LogP contribution in [0, 0.1) is 11.6 Å². The van der Waals surface area contributed by atoms with Crippen LogP contribution in [-0.4, -0.2) is 7.11 Å². The smallest absolute Gasteiger partial charge is 0.132 e. The Labute approximate surface area is 117 Å². The standard InChI is InChI=1S/C16H16F2O2/c1-3-14-15(17)8-13(9-16(14)18)20-10-11-4-6-12(19-2)7-5-11/h4-9H,3,10H2,1-2H3. The van der Waals surface area contributed by atoms with Gasteiger partial charge in [-0.15, -0.1) is 0 Å². The molecule has 2 aromatic rings. The van der Waals surface area contributed by atoms with Crippen LogP contribution in [0.15, 0.2) is 36.4 Å². The molecule has 106 valence electrons. The maximum absolute atomic E-state index is 13.6. The van der Waals surface area contributed by atoms with Crippen LogP contribution in [0.3, 0.4) is 0 Å². The van der Waals surface area contributed by atoms with Crippen molar-refractivity contribution >= 4 is 0 Å². The lowest BCUT2D eigenvalue weighted by Gasteiger charge is -2.09. The predicted octanol–water partition coefficient (Wildman–Crippen LogP) is 4.11. The van der Waals surface area contributed by atoms with E-state index in [0.29, 0.717) is 6.42 Å². The molecule has 2 nitrogen and oxygen atoms in total. The Morgan fingerprint density at radius 1 is 0.950 bits per heavy atom. The van der Waals surface area contributed by atoms with Crippen LogP contribution < -0.4 is 9.47 Å². The van der Waals surface area contributed by atoms with Gasteiger partial charge in [-0.3, -0.25) is 0 Å². The molecule has 4 heteroatoms. The van der Waals surface area contributed by atoms with Crippen LogP contribution >= 0.6 is 0 Å². The fraction of sp³-hybridized carbons (Fsp3) is 0.250. The summed E-state index contributed by atoms with van der Waals surface area (Å²) in [5.74, 6) is -0.208. The predicted molar refractivity (Wildman–Crippen MR) is 73.1 cm³/mol. The number of benzene rings is 2. The third kappa shape index (κ3) is 3.26. The Balaban J connectivity index is 2.06. The minimum atomic E-state index is -0.572. The molecule has 0 fully saturated rings. The summed E-state index contributed by atoms with van der Waals surface area (Å²) in [6.07, 6.45) is 0.316. The van der Waals surface area contributed by atoms with E-state index in [-0.39, 0.29) is 17.9 Å². The molecule has 0 saturated carbocycles. The molecule has 2 aromatic carbocycles. The quantitative estimate of drug-likeness (QED) is 0.819. The summed E-state index contributed by atoms with van der Waals surface area (Å²) in [6.45, 7) is 1.95. The van der Waals surface area contributed by atoms with Crippen molar-refractivity contribution in [3.8, 4) is 11.5 Å². The first-order valence-electron chi connectivity index (χ1n) is 6.37. The number of hydrogen-bond donors (Lipinski definition) is 0. The second-order valence-corrected chi connectivity index (χ2v) is 4.36. The summed E-state index contributed by atoms with van der Waals surface area (Å²) in [4.78, 5) is 0. The van der Waals surface area contributed by atoms with Crippen molar-refractivity contribution < 1.29 is 18.3 Å². The topological polar surface area (TPSA) is 18.5 Å². The molecule has 20 heavy (non-hydrogen) atoms. The van der Waals surface area contributed by atoms with E-state index in [2.05, 4.69) is 0 Å². The first kappa shape index (κ1) is 14.3. The largest absolute Gasteiger partial charge is 0.497 e. The molecular formula is C16H16F2O2. The van der Waals surface area contributed by atoms with E-state index in [0.717, 1.165) is 11.3 Å². The molecule has 0 heterocycles. The van der Waals surface area contributed by atoms with E-state index in [1.165, 1.54) is 12.1 Å². The Bertz CT molecular complexity index is 557. The maximum Gasteiger partial charge on any atom is 0.132 e. The molecule has 0 N–H and O–H groups in total. The molecule has 0 bridgehead atoms. The van der Waals surface area contributed by atoms with Gasteiger partial charge >= 0.3 is 0 Å². The van der Waals surface area contributed by atoms with Gasteiger partial charge in [0.25, 0.3) is 0 Å². The molecule has 0 aliphatic carbocycles. The average molecular weight is 278 g/mol. The van der Waals surface area contributed by atoms with Crippen LogP contribution in [0.4, 0.5) is 8.78 Å². The van der Waals surface area contributed by atoms with Crippen LogP contribution in [0.25, 0.3) is 0 Å². The highest BCUT2D eigenvalue weighted by Gasteiger charge is 2.10. The Kier molecular flexibility index (Phi) is 4.56. The Morgan fingerprint density at radius 3 is 2.05 bits per heavy atom. The first-order chi connectivity index (χ1) is 9.63. The van der Waals surface area contributed by atoms with E-state index in [9.17, 15) is 8.78 Å². The van der Waals surface area contributed by atoms with Gasteiger partial charge in [-0.2, -0.15) is 0 Å². The molecule has 2 rings (SSSR count). The molecule has 0 atom stereocenters. The summed E-state index contributed by atoms with van der Waals surface area (Å²) in [6, 6.07) is 9.72. The number of halogens is 2. The van der Waals surface area contributed by atoms with Crippen molar-refractivity contribution in [1.82, 2.24) is 0 Å². The van der Waals surface area contributed by atoms with Gasteiger partial charge in [0, 0.05) is 17.7 Å². The van der Waals surface area contributed by atoms with Gasteiger partial charge < -0.3 is 9.47 Å². The van der Waals surface area contributed by atoms with Crippen molar-refractivity contribution in [2.24, 2.45) is 0 Å². The second kappa shape index (κ2) is 6.37. The van der Waals surface area contributed by atoms with Gasteiger partial charge in [0.05, 0.1) is 7.11 Å². The minimum Gasteiger partial charge on any atom is -0.497 e. The summed E-state index contributed by atoms with van der Waals surface area (Å²) in [7, 11) is 1.59. The van der Waals surface area contributed by atoms with Gasteiger partial charge in [0.15, 0.2) is 0 Å². The van der Waals surface area contributed by atoms with Gasteiger partial charge in [-0.1, -0.05) is 19.1 Å². The van der Waals surface area contributed by atoms with Crippen LogP contribution in [0.2, 0.25) is 0 Å². The van der Waals surface area contributed by atoms with Crippen LogP contribution in [-0.2, 0) is 13.0 Å². The van der Waals surface area contributed by atoms with E-state index >= 15 is 0 Å². The van der Waals surface area contributed by atoms with Crippen molar-refractivity contribution in [1.29, 1.82) is 0 Å². The zero-order valence-electron chi connectivity index (χ0n) is 11.5. The number of ether oxygens (including phenoxy) is 2. The summed E-state index contributed by atoms with van der Waals surface area (Å²) in [5, 5.41) is 0.